The molecule has 0 radical (unpaired) electrons. The minimum atomic E-state index is -1.09. The summed E-state index contributed by atoms with van der Waals surface area (Å²) in [4.78, 5) is 30.2. The van der Waals surface area contributed by atoms with Crippen LogP contribution < -0.4 is 20.1 Å². The van der Waals surface area contributed by atoms with Crippen LogP contribution in [0.4, 0.5) is 5.69 Å². The summed E-state index contributed by atoms with van der Waals surface area (Å²) in [7, 11) is 0. The maximum Gasteiger partial charge on any atom is 0.329 e. The van der Waals surface area contributed by atoms with Crippen molar-refractivity contribution >= 4 is 29.2 Å². The molecule has 1 unspecified atom stereocenters. The monoisotopic (exact) mass is 791 g/mol. The van der Waals surface area contributed by atoms with Crippen LogP contribution in [0.25, 0.3) is 0 Å². The van der Waals surface area contributed by atoms with Crippen molar-refractivity contribution < 1.29 is 24.2 Å². The first-order chi connectivity index (χ1) is 27.6. The Kier molecular flexibility index (Phi) is 13.1. The number of hydrogen-bond donors (Lipinski definition) is 3. The SMILES string of the molecule is C[C@@H](COc1ccnc2c1[C@H](C)CCC2)CC1Cc2ccc(OCCCNC(=O)CCCc3ccccc3)cc2C12CCC(Nc1cccc(Cl)c1)(C(=O)O)CC2. The molecule has 3 N–H and O–H groups in total. The number of nitrogens with one attached hydrogen (secondary N) is 2. The Morgan fingerprint density at radius 1 is 0.982 bits per heavy atom. The number of aryl methyl sites for hydroxylation is 2. The van der Waals surface area contributed by atoms with Crippen LogP contribution in [0.1, 0.15) is 112 Å². The predicted molar refractivity (Wildman–Crippen MR) is 227 cm³/mol. The Morgan fingerprint density at radius 3 is 2.60 bits per heavy atom. The first kappa shape index (κ1) is 40.6. The molecule has 302 valence electrons. The molecule has 8 nitrogen and oxygen atoms in total. The topological polar surface area (TPSA) is 110 Å². The molecule has 4 aromatic rings. The summed E-state index contributed by atoms with van der Waals surface area (Å²) in [6, 6.07) is 26.1. The van der Waals surface area contributed by atoms with Gasteiger partial charge in [0.05, 0.1) is 13.2 Å². The van der Waals surface area contributed by atoms with E-state index in [9.17, 15) is 14.7 Å². The Morgan fingerprint density at radius 2 is 1.81 bits per heavy atom. The minimum absolute atomic E-state index is 0.0744. The van der Waals surface area contributed by atoms with E-state index in [0.29, 0.717) is 68.2 Å². The van der Waals surface area contributed by atoms with Crippen molar-refractivity contribution in [3.8, 4) is 11.5 Å². The van der Waals surface area contributed by atoms with Crippen LogP contribution in [-0.2, 0) is 34.3 Å². The lowest BCUT2D eigenvalue weighted by Crippen LogP contribution is -2.53. The number of amides is 1. The van der Waals surface area contributed by atoms with Crippen LogP contribution in [0.2, 0.25) is 5.02 Å². The van der Waals surface area contributed by atoms with Crippen LogP contribution in [0, 0.1) is 11.8 Å². The van der Waals surface area contributed by atoms with Crippen molar-refractivity contribution in [1.82, 2.24) is 10.3 Å². The molecular weight excluding hydrogens is 734 g/mol. The Balaban J connectivity index is 1.01. The van der Waals surface area contributed by atoms with E-state index in [-0.39, 0.29) is 11.3 Å². The van der Waals surface area contributed by atoms with E-state index in [1.807, 2.05) is 42.6 Å². The van der Waals surface area contributed by atoms with Crippen molar-refractivity contribution in [2.45, 2.75) is 114 Å². The highest BCUT2D eigenvalue weighted by atomic mass is 35.5. The van der Waals surface area contributed by atoms with Crippen LogP contribution in [0.3, 0.4) is 0 Å². The number of aromatic nitrogens is 1. The number of hydrogen-bond acceptors (Lipinski definition) is 6. The summed E-state index contributed by atoms with van der Waals surface area (Å²) in [5.74, 6) is 2.12. The maximum atomic E-state index is 13.0. The molecule has 57 heavy (non-hydrogen) atoms. The smallest absolute Gasteiger partial charge is 0.329 e. The molecule has 1 saturated carbocycles. The fourth-order valence-corrected chi connectivity index (χ4v) is 10.0. The normalized spacial score (nSPS) is 22.9. The number of carboxylic acid groups (broad SMARTS) is 1. The van der Waals surface area contributed by atoms with E-state index in [1.165, 1.54) is 34.4 Å². The van der Waals surface area contributed by atoms with Gasteiger partial charge in [-0.1, -0.05) is 67.9 Å². The van der Waals surface area contributed by atoms with Gasteiger partial charge in [-0.25, -0.2) is 4.79 Å². The number of anilines is 1. The van der Waals surface area contributed by atoms with Gasteiger partial charge in [-0.2, -0.15) is 0 Å². The van der Waals surface area contributed by atoms with E-state index in [1.54, 1.807) is 12.1 Å². The largest absolute Gasteiger partial charge is 0.494 e. The summed E-state index contributed by atoms with van der Waals surface area (Å²) < 4.78 is 12.9. The zero-order chi connectivity index (χ0) is 39.8. The molecule has 1 spiro atoms. The van der Waals surface area contributed by atoms with Crippen molar-refractivity contribution in [3.05, 3.63) is 118 Å². The second-order valence-electron chi connectivity index (χ2n) is 16.9. The third-order valence-electron chi connectivity index (χ3n) is 12.9. The number of nitrogens with zero attached hydrogens (tertiary/aromatic N) is 1. The van der Waals surface area contributed by atoms with Crippen molar-refractivity contribution in [2.24, 2.45) is 11.8 Å². The lowest BCUT2D eigenvalue weighted by molar-refractivity contribution is -0.144. The third-order valence-corrected chi connectivity index (χ3v) is 13.1. The van der Waals surface area contributed by atoms with Gasteiger partial charge in [0.1, 0.15) is 17.0 Å². The van der Waals surface area contributed by atoms with E-state index in [4.69, 9.17) is 21.1 Å². The molecule has 1 aromatic heterocycles. The van der Waals surface area contributed by atoms with Crippen molar-refractivity contribution in [2.75, 3.05) is 25.1 Å². The Labute approximate surface area is 343 Å². The number of fused-ring (bicyclic) bond motifs is 3. The number of benzene rings is 3. The van der Waals surface area contributed by atoms with Gasteiger partial charge in [-0.3, -0.25) is 9.78 Å². The zero-order valence-corrected chi connectivity index (χ0v) is 34.3. The first-order valence-corrected chi connectivity index (χ1v) is 21.5. The number of pyridine rings is 1. The number of carbonyl (C=O) groups is 2. The second kappa shape index (κ2) is 18.4. The average Bonchev–Trinajstić information content (AvgIpc) is 3.49. The molecule has 1 heterocycles. The molecule has 3 aliphatic carbocycles. The highest BCUT2D eigenvalue weighted by Crippen LogP contribution is 2.57. The van der Waals surface area contributed by atoms with Crippen molar-refractivity contribution in [1.29, 1.82) is 0 Å². The summed E-state index contributed by atoms with van der Waals surface area (Å²) in [5, 5.41) is 17.7. The summed E-state index contributed by atoms with van der Waals surface area (Å²) >= 11 is 6.31. The minimum Gasteiger partial charge on any atom is -0.494 e. The van der Waals surface area contributed by atoms with Gasteiger partial charge >= 0.3 is 5.97 Å². The van der Waals surface area contributed by atoms with E-state index in [0.717, 1.165) is 68.6 Å². The predicted octanol–water partition coefficient (Wildman–Crippen LogP) is 10.1. The third kappa shape index (κ3) is 9.60. The summed E-state index contributed by atoms with van der Waals surface area (Å²) in [5.41, 5.74) is 5.78. The molecule has 3 atom stereocenters. The van der Waals surface area contributed by atoms with Gasteiger partial charge < -0.3 is 25.2 Å². The highest BCUT2D eigenvalue weighted by molar-refractivity contribution is 6.30. The fourth-order valence-electron chi connectivity index (χ4n) is 9.84. The quantitative estimate of drug-likeness (QED) is 0.0914. The van der Waals surface area contributed by atoms with E-state index >= 15 is 0 Å². The second-order valence-corrected chi connectivity index (χ2v) is 17.3. The fraction of sp³-hybridized carbons (Fsp3) is 0.479. The molecular formula is C48H58ClN3O5. The lowest BCUT2D eigenvalue weighted by Gasteiger charge is -2.47. The van der Waals surface area contributed by atoms with Gasteiger partial charge in [0.2, 0.25) is 5.91 Å². The maximum absolute atomic E-state index is 13.0. The average molecular weight is 792 g/mol. The Hall–Kier alpha value is -4.56. The van der Waals surface area contributed by atoms with E-state index < -0.39 is 11.5 Å². The first-order valence-electron chi connectivity index (χ1n) is 21.1. The van der Waals surface area contributed by atoms with E-state index in [2.05, 4.69) is 59.8 Å². The standard InChI is InChI=1S/C48H58ClN3O5/c1-33(32-57-43-20-26-50-42-16-6-10-34(2)45(42)43)28-37-29-36-18-19-40(56-27-9-25-51-44(53)17-7-13-35-11-4-3-5-12-35)31-41(36)47(37)21-23-48(24-22-47,46(54)55)52-39-15-8-14-38(49)30-39/h3-5,8,11-12,14-15,18-20,26,30-31,33-34,37,52H,6-7,9-10,13,16-17,21-25,27-29,32H2,1-2H3,(H,51,53)(H,54,55)/t33-,34-,37?,47?,48?/m1/s1. The number of rotatable bonds is 17. The summed E-state index contributed by atoms with van der Waals surface area (Å²) in [6.45, 7) is 6.26. The highest BCUT2D eigenvalue weighted by Gasteiger charge is 2.54. The number of carbonyl (C=O) groups excluding carboxylic acids is 1. The molecule has 0 bridgehead atoms. The molecule has 7 rings (SSSR count). The Bertz CT molecular complexity index is 2000. The molecule has 0 saturated heterocycles. The van der Waals surface area contributed by atoms with Crippen LogP contribution in [0.15, 0.2) is 85.1 Å². The number of ether oxygens (including phenoxy) is 2. The van der Waals surface area contributed by atoms with Crippen LogP contribution in [-0.4, -0.2) is 47.3 Å². The lowest BCUT2D eigenvalue weighted by atomic mass is 9.59. The number of aliphatic carboxylic acids is 1. The van der Waals surface area contributed by atoms with Gasteiger partial charge in [-0.15, -0.1) is 0 Å². The van der Waals surface area contributed by atoms with Crippen LogP contribution in [0.5, 0.6) is 11.5 Å². The van der Waals surface area contributed by atoms with Crippen LogP contribution >= 0.6 is 11.6 Å². The van der Waals surface area contributed by atoms with Gasteiger partial charge in [0.25, 0.3) is 0 Å². The number of carboxylic acids is 1. The van der Waals surface area contributed by atoms with Gasteiger partial charge in [-0.05, 0) is 153 Å². The van der Waals surface area contributed by atoms with Gasteiger partial charge in [0.15, 0.2) is 0 Å². The molecule has 0 aliphatic heterocycles. The number of halogens is 1. The molecule has 9 heteroatoms. The molecule has 3 aliphatic rings. The van der Waals surface area contributed by atoms with Crippen molar-refractivity contribution in [3.63, 3.8) is 0 Å². The zero-order valence-electron chi connectivity index (χ0n) is 33.5. The summed E-state index contributed by atoms with van der Waals surface area (Å²) in [6.07, 6.45) is 12.6. The molecule has 1 fully saturated rings. The van der Waals surface area contributed by atoms with Gasteiger partial charge in [0, 0.05) is 41.1 Å². The molecule has 3 aromatic carbocycles. The molecule has 1 amide bonds.